The van der Waals surface area contributed by atoms with Crippen LogP contribution in [0.3, 0.4) is 0 Å². The molecule has 3 amide bonds. The van der Waals surface area contributed by atoms with Crippen molar-refractivity contribution < 1.29 is 14.3 Å². The molecule has 6 heteroatoms. The molecule has 0 aromatic heterocycles. The van der Waals surface area contributed by atoms with Gasteiger partial charge < -0.3 is 20.3 Å². The van der Waals surface area contributed by atoms with E-state index in [1.165, 1.54) is 19.3 Å². The van der Waals surface area contributed by atoms with E-state index in [2.05, 4.69) is 22.8 Å². The molecular formula is C24H35N3O3. The Morgan fingerprint density at radius 1 is 0.867 bits per heavy atom. The van der Waals surface area contributed by atoms with E-state index in [1.807, 2.05) is 23.1 Å². The molecule has 1 aromatic carbocycles. The summed E-state index contributed by atoms with van der Waals surface area (Å²) in [5.41, 5.74) is 0.574. The first-order valence-electron chi connectivity index (χ1n) is 11.7. The lowest BCUT2D eigenvalue weighted by atomic mass is 9.73. The molecule has 2 saturated heterocycles. The largest absolute Gasteiger partial charge is 0.381 e. The van der Waals surface area contributed by atoms with Crippen molar-refractivity contribution in [2.75, 3.05) is 26.3 Å². The van der Waals surface area contributed by atoms with Crippen LogP contribution in [0.1, 0.15) is 63.4 Å². The Balaban J connectivity index is 1.31. The quantitative estimate of drug-likeness (QED) is 0.795. The molecule has 0 unspecified atom stereocenters. The molecule has 30 heavy (non-hydrogen) atoms. The maximum Gasteiger partial charge on any atom is 0.317 e. The summed E-state index contributed by atoms with van der Waals surface area (Å²) in [5.74, 6) is 0.113. The topological polar surface area (TPSA) is 70.7 Å². The van der Waals surface area contributed by atoms with Crippen LogP contribution in [0, 0.1) is 0 Å². The SMILES string of the molecule is O=C(NC1CCCCC1)N1CCC(NC(=O)C2(c3ccccc3)CCOCC2)CC1. The monoisotopic (exact) mass is 413 g/mol. The molecule has 164 valence electrons. The highest BCUT2D eigenvalue weighted by Crippen LogP contribution is 2.35. The molecule has 2 heterocycles. The Morgan fingerprint density at radius 2 is 1.50 bits per heavy atom. The second kappa shape index (κ2) is 9.82. The van der Waals surface area contributed by atoms with Crippen LogP contribution in [0.2, 0.25) is 0 Å². The van der Waals surface area contributed by atoms with Crippen molar-refractivity contribution in [1.29, 1.82) is 0 Å². The fraction of sp³-hybridized carbons (Fsp3) is 0.667. The molecule has 4 rings (SSSR count). The molecule has 2 N–H and O–H groups in total. The first-order chi connectivity index (χ1) is 14.7. The van der Waals surface area contributed by atoms with Crippen molar-refractivity contribution in [2.45, 2.75) is 75.3 Å². The summed E-state index contributed by atoms with van der Waals surface area (Å²) in [5, 5.41) is 6.53. The van der Waals surface area contributed by atoms with Crippen LogP contribution >= 0.6 is 0 Å². The Morgan fingerprint density at radius 3 is 2.17 bits per heavy atom. The second-order valence-electron chi connectivity index (χ2n) is 9.08. The number of hydrogen-bond donors (Lipinski definition) is 2. The first kappa shape index (κ1) is 21.2. The Labute approximate surface area is 179 Å². The summed E-state index contributed by atoms with van der Waals surface area (Å²) in [6, 6.07) is 10.6. The molecule has 3 fully saturated rings. The van der Waals surface area contributed by atoms with Gasteiger partial charge in [-0.05, 0) is 44.1 Å². The number of carbonyl (C=O) groups excluding carboxylic acids is 2. The lowest BCUT2D eigenvalue weighted by Crippen LogP contribution is -2.55. The summed E-state index contributed by atoms with van der Waals surface area (Å²) in [6.07, 6.45) is 8.97. The molecular weight excluding hydrogens is 378 g/mol. The van der Waals surface area contributed by atoms with Crippen LogP contribution in [-0.4, -0.2) is 55.2 Å². The van der Waals surface area contributed by atoms with Crippen LogP contribution in [0.5, 0.6) is 0 Å². The van der Waals surface area contributed by atoms with Crippen LogP contribution < -0.4 is 10.6 Å². The van der Waals surface area contributed by atoms with Crippen molar-refractivity contribution in [1.82, 2.24) is 15.5 Å². The smallest absolute Gasteiger partial charge is 0.317 e. The van der Waals surface area contributed by atoms with Crippen molar-refractivity contribution >= 4 is 11.9 Å². The molecule has 6 nitrogen and oxygen atoms in total. The van der Waals surface area contributed by atoms with E-state index in [1.54, 1.807) is 0 Å². The van der Waals surface area contributed by atoms with Gasteiger partial charge in [0.2, 0.25) is 5.91 Å². The first-order valence-corrected chi connectivity index (χ1v) is 11.7. The van der Waals surface area contributed by atoms with Gasteiger partial charge in [0.1, 0.15) is 0 Å². The highest BCUT2D eigenvalue weighted by Gasteiger charge is 2.42. The summed E-state index contributed by atoms with van der Waals surface area (Å²) in [4.78, 5) is 27.9. The number of carbonyl (C=O) groups is 2. The van der Waals surface area contributed by atoms with Crippen molar-refractivity contribution in [2.24, 2.45) is 0 Å². The van der Waals surface area contributed by atoms with E-state index in [0.29, 0.717) is 45.2 Å². The number of amides is 3. The Bertz CT molecular complexity index is 704. The van der Waals surface area contributed by atoms with Crippen molar-refractivity contribution in [3.05, 3.63) is 35.9 Å². The van der Waals surface area contributed by atoms with Crippen LogP contribution in [0.25, 0.3) is 0 Å². The molecule has 0 radical (unpaired) electrons. The standard InChI is InChI=1S/C24H35N3O3/c28-22(24(13-17-30-18-14-24)19-7-3-1-4-8-19)25-21-11-15-27(16-12-21)23(29)26-20-9-5-2-6-10-20/h1,3-4,7-8,20-21H,2,5-6,9-18H2,(H,25,28)(H,26,29). The second-order valence-corrected chi connectivity index (χ2v) is 9.08. The zero-order valence-corrected chi connectivity index (χ0v) is 17.9. The van der Waals surface area contributed by atoms with Crippen LogP contribution in [-0.2, 0) is 14.9 Å². The number of piperidine rings is 1. The lowest BCUT2D eigenvalue weighted by molar-refractivity contribution is -0.131. The van der Waals surface area contributed by atoms with Crippen molar-refractivity contribution in [3.8, 4) is 0 Å². The predicted octanol–water partition coefficient (Wildman–Crippen LogP) is 3.36. The summed E-state index contributed by atoms with van der Waals surface area (Å²) in [7, 11) is 0. The molecule has 2 aliphatic heterocycles. The third-order valence-electron chi connectivity index (χ3n) is 7.16. The predicted molar refractivity (Wildman–Crippen MR) is 116 cm³/mol. The highest BCUT2D eigenvalue weighted by atomic mass is 16.5. The van der Waals surface area contributed by atoms with Gasteiger partial charge in [0.15, 0.2) is 0 Å². The van der Waals surface area contributed by atoms with Gasteiger partial charge in [-0.3, -0.25) is 4.79 Å². The molecule has 1 saturated carbocycles. The number of hydrogen-bond acceptors (Lipinski definition) is 3. The minimum atomic E-state index is -0.505. The molecule has 0 atom stereocenters. The Hall–Kier alpha value is -2.08. The van der Waals surface area contributed by atoms with Crippen molar-refractivity contribution in [3.63, 3.8) is 0 Å². The van der Waals surface area contributed by atoms with Gasteiger partial charge in [-0.2, -0.15) is 0 Å². The van der Waals surface area contributed by atoms with E-state index >= 15 is 0 Å². The van der Waals surface area contributed by atoms with E-state index in [9.17, 15) is 9.59 Å². The fourth-order valence-electron chi connectivity index (χ4n) is 5.19. The average Bonchev–Trinajstić information content (AvgIpc) is 2.81. The number of ether oxygens (including phenoxy) is 1. The van der Waals surface area contributed by atoms with E-state index in [0.717, 1.165) is 31.2 Å². The van der Waals surface area contributed by atoms with E-state index in [-0.39, 0.29) is 18.0 Å². The van der Waals surface area contributed by atoms with E-state index in [4.69, 9.17) is 4.74 Å². The number of nitrogens with zero attached hydrogens (tertiary/aromatic N) is 1. The zero-order valence-electron chi connectivity index (χ0n) is 17.9. The van der Waals surface area contributed by atoms with Crippen LogP contribution in [0.4, 0.5) is 4.79 Å². The number of nitrogens with one attached hydrogen (secondary N) is 2. The van der Waals surface area contributed by atoms with Gasteiger partial charge in [-0.15, -0.1) is 0 Å². The molecule has 0 spiro atoms. The average molecular weight is 414 g/mol. The van der Waals surface area contributed by atoms with Gasteiger partial charge in [0.25, 0.3) is 0 Å². The van der Waals surface area contributed by atoms with Gasteiger partial charge in [0, 0.05) is 38.4 Å². The normalized spacial score (nSPS) is 23.0. The minimum absolute atomic E-state index is 0.0665. The van der Waals surface area contributed by atoms with E-state index < -0.39 is 5.41 Å². The molecule has 3 aliphatic rings. The van der Waals surface area contributed by atoms with Gasteiger partial charge >= 0.3 is 6.03 Å². The number of rotatable bonds is 4. The van der Waals surface area contributed by atoms with Crippen LogP contribution in [0.15, 0.2) is 30.3 Å². The molecule has 0 bridgehead atoms. The zero-order chi connectivity index (χ0) is 20.8. The maximum atomic E-state index is 13.4. The number of urea groups is 1. The number of likely N-dealkylation sites (tertiary alicyclic amines) is 1. The fourth-order valence-corrected chi connectivity index (χ4v) is 5.19. The third-order valence-corrected chi connectivity index (χ3v) is 7.16. The highest BCUT2D eigenvalue weighted by molar-refractivity contribution is 5.88. The van der Waals surface area contributed by atoms with Gasteiger partial charge in [-0.1, -0.05) is 49.6 Å². The molecule has 1 aliphatic carbocycles. The summed E-state index contributed by atoms with van der Waals surface area (Å²) < 4.78 is 5.56. The molecule has 1 aromatic rings. The summed E-state index contributed by atoms with van der Waals surface area (Å²) >= 11 is 0. The number of benzene rings is 1. The van der Waals surface area contributed by atoms with Gasteiger partial charge in [0.05, 0.1) is 5.41 Å². The minimum Gasteiger partial charge on any atom is -0.381 e. The van der Waals surface area contributed by atoms with Gasteiger partial charge in [-0.25, -0.2) is 4.79 Å². The Kier molecular flexibility index (Phi) is 6.93. The third kappa shape index (κ3) is 4.80. The lowest BCUT2D eigenvalue weighted by Gasteiger charge is -2.39. The summed E-state index contributed by atoms with van der Waals surface area (Å²) in [6.45, 7) is 2.63. The maximum absolute atomic E-state index is 13.4.